The number of rotatable bonds is 25. The quantitative estimate of drug-likeness (QED) is 0.0517. The number of benzene rings is 5. The Morgan fingerprint density at radius 2 is 0.386 bits per heavy atom. The maximum Gasteiger partial charge on any atom is 0.123 e. The van der Waals surface area contributed by atoms with Crippen LogP contribution in [-0.4, -0.2) is 68.6 Å². The zero-order chi connectivity index (χ0) is 49.8. The molecule has 0 N–H and O–H groups in total. The fourth-order valence-corrected chi connectivity index (χ4v) is 8.88. The highest BCUT2D eigenvalue weighted by Crippen LogP contribution is 2.43. The number of hydrogen-bond acceptors (Lipinski definition) is 10. The molecule has 0 unspecified atom stereocenters. The lowest BCUT2D eigenvalue weighted by molar-refractivity contribution is 0.301. The highest BCUT2D eigenvalue weighted by atomic mass is 16.5. The van der Waals surface area contributed by atoms with E-state index >= 15 is 0 Å². The third-order valence-corrected chi connectivity index (χ3v) is 13.0. The van der Waals surface area contributed by atoms with Crippen molar-refractivity contribution in [2.24, 2.45) is 0 Å². The Hall–Kier alpha value is -5.90. The van der Waals surface area contributed by atoms with Gasteiger partial charge in [0, 0.05) is 87.7 Å². The largest absolute Gasteiger partial charge is 0.496 e. The Morgan fingerprint density at radius 1 is 0.243 bits per heavy atom. The Bertz CT molecular complexity index is 2440. The van der Waals surface area contributed by atoms with E-state index in [0.29, 0.717) is 65.1 Å². The van der Waals surface area contributed by atoms with Gasteiger partial charge < -0.3 is 47.4 Å². The van der Waals surface area contributed by atoms with Gasteiger partial charge >= 0.3 is 0 Å². The summed E-state index contributed by atoms with van der Waals surface area (Å²) < 4.78 is 64.5. The van der Waals surface area contributed by atoms with Crippen molar-refractivity contribution in [1.29, 1.82) is 0 Å². The van der Waals surface area contributed by atoms with Crippen LogP contribution in [0.15, 0.2) is 60.7 Å². The summed E-state index contributed by atoms with van der Waals surface area (Å²) in [6, 6.07) is 21.3. The zero-order valence-electron chi connectivity index (χ0n) is 44.0. The molecule has 380 valence electrons. The predicted molar refractivity (Wildman–Crippen MR) is 281 cm³/mol. The molecule has 70 heavy (non-hydrogen) atoms. The van der Waals surface area contributed by atoms with Crippen LogP contribution in [0.2, 0.25) is 0 Å². The molecule has 15 rings (SSSR count). The molecule has 10 bridgehead atoms. The fraction of sp³-hybridized carbons (Fsp3) is 0.500. The van der Waals surface area contributed by atoms with E-state index in [0.717, 1.165) is 177 Å². The summed E-state index contributed by atoms with van der Waals surface area (Å²) in [7, 11) is 8.66. The SMILES string of the molecule is CCCCOc1cc2c(OC)cc1Cc1cc(OCCCC)c(cc1OC)Cc1cc(OCCCC)c(cc1OC)Cc1cc(OCCCC)c(cc1OC)Cc1cc(OC)c(cc1OCCCC)C2. The van der Waals surface area contributed by atoms with Crippen LogP contribution in [0.25, 0.3) is 0 Å². The molecule has 0 fully saturated rings. The molecule has 0 heterocycles. The molecule has 5 aromatic rings. The average Bonchev–Trinajstić information content (AvgIpc) is 3.36. The van der Waals surface area contributed by atoms with Gasteiger partial charge in [-0.25, -0.2) is 0 Å². The molecule has 0 saturated heterocycles. The summed E-state index contributed by atoms with van der Waals surface area (Å²) in [4.78, 5) is 0. The first-order chi connectivity index (χ1) is 34.2. The summed E-state index contributed by atoms with van der Waals surface area (Å²) in [5.41, 5.74) is 9.85. The summed E-state index contributed by atoms with van der Waals surface area (Å²) in [6.07, 6.45) is 12.4. The van der Waals surface area contributed by atoms with E-state index in [9.17, 15) is 0 Å². The first-order valence-electron chi connectivity index (χ1n) is 25.9. The van der Waals surface area contributed by atoms with Gasteiger partial charge in [0.25, 0.3) is 0 Å². The lowest BCUT2D eigenvalue weighted by atomic mass is 9.94. The van der Waals surface area contributed by atoms with Gasteiger partial charge in [-0.3, -0.25) is 0 Å². The van der Waals surface area contributed by atoms with Crippen molar-refractivity contribution >= 4 is 0 Å². The topological polar surface area (TPSA) is 92.3 Å². The minimum atomic E-state index is 0.524. The van der Waals surface area contributed by atoms with Gasteiger partial charge in [0.15, 0.2) is 0 Å². The summed E-state index contributed by atoms with van der Waals surface area (Å²) >= 11 is 0. The van der Waals surface area contributed by atoms with Gasteiger partial charge in [-0.15, -0.1) is 0 Å². The Balaban J connectivity index is 1.65. The molecular weight excluding hydrogens is 881 g/mol. The first kappa shape index (κ1) is 53.5. The Labute approximate surface area is 419 Å². The number of hydrogen-bond donors (Lipinski definition) is 0. The summed E-state index contributed by atoms with van der Waals surface area (Å²) in [5.74, 6) is 7.82. The first-order valence-corrected chi connectivity index (χ1v) is 25.9. The molecule has 10 aliphatic carbocycles. The average molecular weight is 961 g/mol. The Kier molecular flexibility index (Phi) is 21.0. The van der Waals surface area contributed by atoms with Crippen LogP contribution >= 0.6 is 0 Å². The highest BCUT2D eigenvalue weighted by Gasteiger charge is 2.24. The molecule has 0 radical (unpaired) electrons. The van der Waals surface area contributed by atoms with Gasteiger partial charge in [-0.1, -0.05) is 66.7 Å². The smallest absolute Gasteiger partial charge is 0.123 e. The maximum absolute atomic E-state index is 6.68. The molecule has 10 aliphatic rings. The molecule has 0 atom stereocenters. The van der Waals surface area contributed by atoms with Gasteiger partial charge in [0.2, 0.25) is 0 Å². The van der Waals surface area contributed by atoms with E-state index in [1.165, 1.54) is 0 Å². The molecule has 0 aromatic heterocycles. The van der Waals surface area contributed by atoms with Crippen molar-refractivity contribution in [3.8, 4) is 57.5 Å². The minimum absolute atomic E-state index is 0.524. The predicted octanol–water partition coefficient (Wildman–Crippen LogP) is 13.9. The molecule has 10 nitrogen and oxygen atoms in total. The normalized spacial score (nSPS) is 12.1. The van der Waals surface area contributed by atoms with Crippen molar-refractivity contribution in [3.63, 3.8) is 0 Å². The van der Waals surface area contributed by atoms with E-state index in [2.05, 4.69) is 95.3 Å². The van der Waals surface area contributed by atoms with Crippen LogP contribution in [0.4, 0.5) is 0 Å². The van der Waals surface area contributed by atoms with Crippen LogP contribution in [0.3, 0.4) is 0 Å². The Morgan fingerprint density at radius 3 is 0.529 bits per heavy atom. The number of ether oxygens (including phenoxy) is 10. The van der Waals surface area contributed by atoms with Gasteiger partial charge in [-0.05, 0) is 92.8 Å². The van der Waals surface area contributed by atoms with Crippen LogP contribution in [0.1, 0.15) is 154 Å². The summed E-state index contributed by atoms with van der Waals surface area (Å²) in [6.45, 7) is 13.8. The lowest BCUT2D eigenvalue weighted by Crippen LogP contribution is -2.08. The molecule has 0 spiro atoms. The second kappa shape index (κ2) is 27.5. The van der Waals surface area contributed by atoms with Crippen molar-refractivity contribution in [2.45, 2.75) is 131 Å². The molecule has 0 aliphatic heterocycles. The van der Waals surface area contributed by atoms with Crippen LogP contribution in [-0.2, 0) is 32.1 Å². The monoisotopic (exact) mass is 961 g/mol. The molecule has 0 amide bonds. The molecular formula is C60H80O10. The van der Waals surface area contributed by atoms with E-state index in [1.54, 1.807) is 35.5 Å². The van der Waals surface area contributed by atoms with Crippen LogP contribution in [0, 0.1) is 0 Å². The highest BCUT2D eigenvalue weighted by molar-refractivity contribution is 5.59. The lowest BCUT2D eigenvalue weighted by Gasteiger charge is -2.21. The van der Waals surface area contributed by atoms with Crippen molar-refractivity contribution < 1.29 is 47.4 Å². The molecule has 10 heteroatoms. The third-order valence-electron chi connectivity index (χ3n) is 13.0. The van der Waals surface area contributed by atoms with Crippen LogP contribution in [0.5, 0.6) is 57.5 Å². The van der Waals surface area contributed by atoms with E-state index in [1.807, 2.05) is 0 Å². The number of methoxy groups -OCH3 is 5. The van der Waals surface area contributed by atoms with E-state index in [4.69, 9.17) is 47.4 Å². The van der Waals surface area contributed by atoms with E-state index < -0.39 is 0 Å². The maximum atomic E-state index is 6.68. The summed E-state index contributed by atoms with van der Waals surface area (Å²) in [5, 5.41) is 0. The van der Waals surface area contributed by atoms with Crippen LogP contribution < -0.4 is 47.4 Å². The standard InChI is InChI=1S/C60H80O10/c1-11-16-21-66-56-36-41-26-42-37-59(69-24-19-14-4)49(34-52(42)62-7)30-50-35-55(65-10)45(40-60(50)70-25-20-15-5)29-48-33-54(64-9)44(39-58(48)68-23-18-13-3)28-47-32-53(63-8)43(27-46(56)31-51(41)61-6)38-57(47)67-22-17-12-2/h31-40H,11-30H2,1-10H3. The third kappa shape index (κ3) is 13.9. The minimum Gasteiger partial charge on any atom is -0.496 e. The number of unbranched alkanes of at least 4 members (excludes halogenated alkanes) is 5. The second-order valence-electron chi connectivity index (χ2n) is 18.3. The van der Waals surface area contributed by atoms with Crippen molar-refractivity contribution in [2.75, 3.05) is 68.6 Å². The van der Waals surface area contributed by atoms with Crippen molar-refractivity contribution in [1.82, 2.24) is 0 Å². The van der Waals surface area contributed by atoms with Gasteiger partial charge in [-0.2, -0.15) is 0 Å². The zero-order valence-corrected chi connectivity index (χ0v) is 44.0. The fourth-order valence-electron chi connectivity index (χ4n) is 8.88. The van der Waals surface area contributed by atoms with E-state index in [-0.39, 0.29) is 0 Å². The van der Waals surface area contributed by atoms with Gasteiger partial charge in [0.05, 0.1) is 68.6 Å². The second-order valence-corrected chi connectivity index (χ2v) is 18.3. The van der Waals surface area contributed by atoms with Crippen molar-refractivity contribution in [3.05, 3.63) is 116 Å². The van der Waals surface area contributed by atoms with Gasteiger partial charge in [0.1, 0.15) is 57.5 Å². The molecule has 0 saturated carbocycles. The molecule has 5 aromatic carbocycles.